The van der Waals surface area contributed by atoms with Crippen molar-refractivity contribution in [1.82, 2.24) is 10.2 Å². The molecule has 21 heavy (non-hydrogen) atoms. The molecule has 0 aliphatic carbocycles. The molecular formula is C18H30N2O. The van der Waals surface area contributed by atoms with Gasteiger partial charge in [-0.3, -0.25) is 4.90 Å². The third-order valence-corrected chi connectivity index (χ3v) is 4.20. The number of para-hydroxylation sites is 1. The van der Waals surface area contributed by atoms with Crippen LogP contribution in [-0.2, 0) is 0 Å². The highest BCUT2D eigenvalue weighted by Crippen LogP contribution is 2.24. The van der Waals surface area contributed by atoms with Gasteiger partial charge in [0.05, 0.1) is 0 Å². The van der Waals surface area contributed by atoms with Crippen molar-refractivity contribution in [2.45, 2.75) is 45.6 Å². The average Bonchev–Trinajstić information content (AvgIpc) is 2.54. The molecule has 1 aliphatic heterocycles. The van der Waals surface area contributed by atoms with Gasteiger partial charge >= 0.3 is 0 Å². The van der Waals surface area contributed by atoms with E-state index >= 15 is 0 Å². The van der Waals surface area contributed by atoms with Crippen molar-refractivity contribution in [2.75, 3.05) is 32.8 Å². The molecule has 0 spiro atoms. The number of benzene rings is 1. The van der Waals surface area contributed by atoms with Crippen LogP contribution < -0.4 is 10.1 Å². The second kappa shape index (κ2) is 9.06. The molecule has 2 rings (SSSR count). The van der Waals surface area contributed by atoms with Crippen LogP contribution in [0.2, 0.25) is 0 Å². The summed E-state index contributed by atoms with van der Waals surface area (Å²) in [6.45, 7) is 9.76. The summed E-state index contributed by atoms with van der Waals surface area (Å²) in [6, 6.07) is 8.76. The SMILES string of the molecule is CCCNC(C)c1ccccc1OCCN1CCCCC1. The molecule has 0 aromatic heterocycles. The van der Waals surface area contributed by atoms with Gasteiger partial charge in [-0.25, -0.2) is 0 Å². The molecule has 1 aliphatic rings. The molecular weight excluding hydrogens is 260 g/mol. The molecule has 1 aromatic carbocycles. The van der Waals surface area contributed by atoms with Gasteiger partial charge in [-0.2, -0.15) is 0 Å². The van der Waals surface area contributed by atoms with Crippen molar-refractivity contribution in [3.8, 4) is 5.75 Å². The van der Waals surface area contributed by atoms with Crippen molar-refractivity contribution in [3.05, 3.63) is 29.8 Å². The van der Waals surface area contributed by atoms with Crippen LogP contribution in [-0.4, -0.2) is 37.7 Å². The van der Waals surface area contributed by atoms with Gasteiger partial charge in [0.1, 0.15) is 12.4 Å². The van der Waals surface area contributed by atoms with Gasteiger partial charge < -0.3 is 10.1 Å². The van der Waals surface area contributed by atoms with Gasteiger partial charge in [0, 0.05) is 18.2 Å². The fraction of sp³-hybridized carbons (Fsp3) is 0.667. The zero-order valence-electron chi connectivity index (χ0n) is 13.6. The lowest BCUT2D eigenvalue weighted by Gasteiger charge is -2.26. The van der Waals surface area contributed by atoms with Gasteiger partial charge in [0.25, 0.3) is 0 Å². The first kappa shape index (κ1) is 16.3. The van der Waals surface area contributed by atoms with E-state index in [1.807, 2.05) is 0 Å². The van der Waals surface area contributed by atoms with Gasteiger partial charge in [-0.05, 0) is 51.9 Å². The maximum atomic E-state index is 6.06. The number of hydrogen-bond acceptors (Lipinski definition) is 3. The number of nitrogens with zero attached hydrogens (tertiary/aromatic N) is 1. The van der Waals surface area contributed by atoms with Crippen LogP contribution in [0.15, 0.2) is 24.3 Å². The monoisotopic (exact) mass is 290 g/mol. The van der Waals surface area contributed by atoms with Crippen LogP contribution in [0.4, 0.5) is 0 Å². The molecule has 0 radical (unpaired) electrons. The number of ether oxygens (including phenoxy) is 1. The normalized spacial score (nSPS) is 17.6. The Balaban J connectivity index is 1.84. The summed E-state index contributed by atoms with van der Waals surface area (Å²) < 4.78 is 6.06. The number of piperidine rings is 1. The topological polar surface area (TPSA) is 24.5 Å². The Bertz CT molecular complexity index is 402. The third kappa shape index (κ3) is 5.33. The third-order valence-electron chi connectivity index (χ3n) is 4.20. The summed E-state index contributed by atoms with van der Waals surface area (Å²) in [4.78, 5) is 2.52. The fourth-order valence-corrected chi connectivity index (χ4v) is 2.91. The molecule has 1 heterocycles. The fourth-order valence-electron chi connectivity index (χ4n) is 2.91. The summed E-state index contributed by atoms with van der Waals surface area (Å²) >= 11 is 0. The Morgan fingerprint density at radius 2 is 1.95 bits per heavy atom. The first-order chi connectivity index (χ1) is 10.3. The lowest BCUT2D eigenvalue weighted by molar-refractivity contribution is 0.182. The molecule has 1 unspecified atom stereocenters. The van der Waals surface area contributed by atoms with E-state index in [4.69, 9.17) is 4.74 Å². The first-order valence-electron chi connectivity index (χ1n) is 8.48. The maximum absolute atomic E-state index is 6.06. The number of hydrogen-bond donors (Lipinski definition) is 1. The lowest BCUT2D eigenvalue weighted by atomic mass is 10.1. The second-order valence-electron chi connectivity index (χ2n) is 5.96. The quantitative estimate of drug-likeness (QED) is 0.791. The Kier molecular flexibility index (Phi) is 7.04. The minimum absolute atomic E-state index is 0.344. The Labute approximate surface area is 129 Å². The molecule has 1 aromatic rings. The molecule has 1 saturated heterocycles. The molecule has 0 amide bonds. The summed E-state index contributed by atoms with van der Waals surface area (Å²) in [7, 11) is 0. The van der Waals surface area contributed by atoms with Crippen LogP contribution in [0.25, 0.3) is 0 Å². The smallest absolute Gasteiger partial charge is 0.124 e. The Morgan fingerprint density at radius 3 is 2.71 bits per heavy atom. The molecule has 0 saturated carbocycles. The van der Waals surface area contributed by atoms with Crippen LogP contribution in [0.5, 0.6) is 5.75 Å². The summed E-state index contributed by atoms with van der Waals surface area (Å²) in [5.41, 5.74) is 1.27. The Hall–Kier alpha value is -1.06. The van der Waals surface area contributed by atoms with Crippen LogP contribution in [0.3, 0.4) is 0 Å². The predicted molar refractivity (Wildman–Crippen MR) is 88.9 cm³/mol. The van der Waals surface area contributed by atoms with Crippen molar-refractivity contribution in [2.24, 2.45) is 0 Å². The highest BCUT2D eigenvalue weighted by Gasteiger charge is 2.12. The van der Waals surface area contributed by atoms with E-state index in [1.54, 1.807) is 0 Å². The summed E-state index contributed by atoms with van der Waals surface area (Å²) in [5.74, 6) is 1.03. The van der Waals surface area contributed by atoms with Crippen molar-refractivity contribution < 1.29 is 4.74 Å². The van der Waals surface area contributed by atoms with E-state index in [-0.39, 0.29) is 0 Å². The molecule has 1 atom stereocenters. The molecule has 1 fully saturated rings. The van der Waals surface area contributed by atoms with Crippen LogP contribution >= 0.6 is 0 Å². The van der Waals surface area contributed by atoms with E-state index in [0.29, 0.717) is 6.04 Å². The predicted octanol–water partition coefficient (Wildman–Crippen LogP) is 3.61. The van der Waals surface area contributed by atoms with Crippen LogP contribution in [0.1, 0.15) is 51.1 Å². The molecule has 3 nitrogen and oxygen atoms in total. The molecule has 118 valence electrons. The van der Waals surface area contributed by atoms with E-state index < -0.39 is 0 Å². The summed E-state index contributed by atoms with van der Waals surface area (Å²) in [5, 5.41) is 3.54. The van der Waals surface area contributed by atoms with E-state index in [9.17, 15) is 0 Å². The van der Waals surface area contributed by atoms with Crippen LogP contribution in [0, 0.1) is 0 Å². The first-order valence-corrected chi connectivity index (χ1v) is 8.48. The second-order valence-corrected chi connectivity index (χ2v) is 5.96. The number of likely N-dealkylation sites (tertiary alicyclic amines) is 1. The maximum Gasteiger partial charge on any atom is 0.124 e. The minimum atomic E-state index is 0.344. The standard InChI is InChI=1S/C18H30N2O/c1-3-11-19-16(2)17-9-5-6-10-18(17)21-15-14-20-12-7-4-8-13-20/h5-6,9-10,16,19H,3-4,7-8,11-15H2,1-2H3. The van der Waals surface area contributed by atoms with Gasteiger partial charge in [0.2, 0.25) is 0 Å². The lowest BCUT2D eigenvalue weighted by Crippen LogP contribution is -2.33. The van der Waals surface area contributed by atoms with Gasteiger partial charge in [0.15, 0.2) is 0 Å². The molecule has 1 N–H and O–H groups in total. The summed E-state index contributed by atoms with van der Waals surface area (Å²) in [6.07, 6.45) is 5.23. The highest BCUT2D eigenvalue weighted by atomic mass is 16.5. The zero-order valence-corrected chi connectivity index (χ0v) is 13.6. The Morgan fingerprint density at radius 1 is 1.19 bits per heavy atom. The van der Waals surface area contributed by atoms with Gasteiger partial charge in [-0.15, -0.1) is 0 Å². The van der Waals surface area contributed by atoms with Crippen molar-refractivity contribution in [3.63, 3.8) is 0 Å². The number of rotatable bonds is 8. The zero-order chi connectivity index (χ0) is 14.9. The minimum Gasteiger partial charge on any atom is -0.492 e. The van der Waals surface area contributed by atoms with E-state index in [2.05, 4.69) is 48.3 Å². The number of nitrogens with one attached hydrogen (secondary N) is 1. The average molecular weight is 290 g/mol. The van der Waals surface area contributed by atoms with E-state index in [1.165, 1.54) is 37.9 Å². The molecule has 3 heteroatoms. The van der Waals surface area contributed by atoms with Crippen molar-refractivity contribution in [1.29, 1.82) is 0 Å². The molecule has 0 bridgehead atoms. The van der Waals surface area contributed by atoms with Crippen molar-refractivity contribution >= 4 is 0 Å². The van der Waals surface area contributed by atoms with Gasteiger partial charge in [-0.1, -0.05) is 31.5 Å². The van der Waals surface area contributed by atoms with E-state index in [0.717, 1.165) is 31.9 Å². The highest BCUT2D eigenvalue weighted by molar-refractivity contribution is 5.35. The largest absolute Gasteiger partial charge is 0.492 e.